The highest BCUT2D eigenvalue weighted by molar-refractivity contribution is 14.1. The predicted octanol–water partition coefficient (Wildman–Crippen LogP) is 2.65. The number of rotatable bonds is 1. The van der Waals surface area contributed by atoms with E-state index in [-0.39, 0.29) is 0 Å². The molecular weight excluding hydrogens is 371 g/mol. The van der Waals surface area contributed by atoms with Crippen LogP contribution in [0.15, 0.2) is 17.0 Å². The molecule has 2 aromatic heterocycles. The van der Waals surface area contributed by atoms with Crippen molar-refractivity contribution >= 4 is 38.5 Å². The van der Waals surface area contributed by atoms with E-state index >= 15 is 0 Å². The van der Waals surface area contributed by atoms with E-state index in [1.54, 1.807) is 6.20 Å². The maximum Gasteiger partial charge on any atom is 0.170 e. The van der Waals surface area contributed by atoms with E-state index in [1.807, 2.05) is 18.5 Å². The first-order chi connectivity index (χ1) is 7.11. The minimum atomic E-state index is 0.817. The van der Waals surface area contributed by atoms with Gasteiger partial charge in [-0.2, -0.15) is 5.10 Å². The Bertz CT molecular complexity index is 509. The summed E-state index contributed by atoms with van der Waals surface area (Å²) in [4.78, 5) is 8.18. The van der Waals surface area contributed by atoms with Crippen molar-refractivity contribution in [3.63, 3.8) is 0 Å². The van der Waals surface area contributed by atoms with Gasteiger partial charge < -0.3 is 0 Å². The molecule has 0 N–H and O–H groups in total. The first-order valence-corrected chi connectivity index (χ1v) is 6.16. The largest absolute Gasteiger partial charge is 0.244 e. The molecule has 2 rings (SSSR count). The summed E-state index contributed by atoms with van der Waals surface area (Å²) in [5.74, 6) is 0.817. The van der Waals surface area contributed by atoms with E-state index in [4.69, 9.17) is 0 Å². The zero-order valence-corrected chi connectivity index (χ0v) is 11.9. The molecule has 0 aromatic carbocycles. The molecule has 0 spiro atoms. The molecule has 4 nitrogen and oxygen atoms in total. The minimum Gasteiger partial charge on any atom is -0.244 e. The summed E-state index contributed by atoms with van der Waals surface area (Å²) < 4.78 is 3.83. The molecule has 0 fully saturated rings. The molecular formula is C9H8BrIN4. The van der Waals surface area contributed by atoms with E-state index in [9.17, 15) is 0 Å². The third-order valence-corrected chi connectivity index (χ3v) is 3.96. The molecule has 78 valence electrons. The van der Waals surface area contributed by atoms with Crippen molar-refractivity contribution in [1.29, 1.82) is 0 Å². The third-order valence-electron chi connectivity index (χ3n) is 2.05. The molecule has 0 amide bonds. The number of aromatic nitrogens is 4. The Morgan fingerprint density at radius 3 is 2.67 bits per heavy atom. The van der Waals surface area contributed by atoms with Gasteiger partial charge in [0, 0.05) is 6.20 Å². The van der Waals surface area contributed by atoms with E-state index in [2.05, 4.69) is 53.6 Å². The number of hydrogen-bond donors (Lipinski definition) is 0. The van der Waals surface area contributed by atoms with Gasteiger partial charge in [0.25, 0.3) is 0 Å². The molecule has 0 aliphatic rings. The number of halogens is 2. The fourth-order valence-corrected chi connectivity index (χ4v) is 2.07. The first kappa shape index (κ1) is 11.0. The smallest absolute Gasteiger partial charge is 0.170 e. The molecule has 2 heterocycles. The SMILES string of the molecule is Cc1nn(-c2ncncc2I)c(C)c1Br. The molecule has 6 heteroatoms. The van der Waals surface area contributed by atoms with E-state index in [1.165, 1.54) is 6.33 Å². The third kappa shape index (κ3) is 1.92. The Labute approximate surface area is 109 Å². The van der Waals surface area contributed by atoms with Crippen LogP contribution >= 0.6 is 38.5 Å². The maximum absolute atomic E-state index is 4.42. The summed E-state index contributed by atoms with van der Waals surface area (Å²) >= 11 is 5.69. The van der Waals surface area contributed by atoms with Crippen LogP contribution in [0.3, 0.4) is 0 Å². The highest BCUT2D eigenvalue weighted by atomic mass is 127. The number of nitrogens with zero attached hydrogens (tertiary/aromatic N) is 4. The first-order valence-electron chi connectivity index (χ1n) is 4.29. The zero-order valence-electron chi connectivity index (χ0n) is 8.20. The lowest BCUT2D eigenvalue weighted by Crippen LogP contribution is -2.04. The average Bonchev–Trinajstić information content (AvgIpc) is 2.47. The van der Waals surface area contributed by atoms with Crippen molar-refractivity contribution in [3.05, 3.63) is 32.0 Å². The molecule has 0 aliphatic heterocycles. The van der Waals surface area contributed by atoms with Gasteiger partial charge in [-0.1, -0.05) is 0 Å². The normalized spacial score (nSPS) is 10.7. The van der Waals surface area contributed by atoms with Crippen molar-refractivity contribution in [1.82, 2.24) is 19.7 Å². The van der Waals surface area contributed by atoms with Crippen LogP contribution in [0.4, 0.5) is 0 Å². The summed E-state index contributed by atoms with van der Waals surface area (Å²) in [5, 5.41) is 4.42. The van der Waals surface area contributed by atoms with Gasteiger partial charge in [-0.25, -0.2) is 14.6 Å². The van der Waals surface area contributed by atoms with E-state index < -0.39 is 0 Å². The quantitative estimate of drug-likeness (QED) is 0.716. The van der Waals surface area contributed by atoms with Gasteiger partial charge >= 0.3 is 0 Å². The summed E-state index contributed by atoms with van der Waals surface area (Å²) in [7, 11) is 0. The lowest BCUT2D eigenvalue weighted by atomic mass is 10.4. The second kappa shape index (κ2) is 4.17. The van der Waals surface area contributed by atoms with Crippen LogP contribution in [0.1, 0.15) is 11.4 Å². The highest BCUT2D eigenvalue weighted by Gasteiger charge is 2.13. The Balaban J connectivity index is 2.65. The van der Waals surface area contributed by atoms with Crippen LogP contribution in [-0.2, 0) is 0 Å². The summed E-state index contributed by atoms with van der Waals surface area (Å²) in [6.07, 6.45) is 3.30. The molecule has 0 radical (unpaired) electrons. The predicted molar refractivity (Wildman–Crippen MR) is 69.0 cm³/mol. The number of hydrogen-bond acceptors (Lipinski definition) is 3. The van der Waals surface area contributed by atoms with Gasteiger partial charge in [0.05, 0.1) is 19.4 Å². The van der Waals surface area contributed by atoms with Gasteiger partial charge in [-0.3, -0.25) is 0 Å². The van der Waals surface area contributed by atoms with Gasteiger partial charge in [-0.05, 0) is 52.4 Å². The minimum absolute atomic E-state index is 0.817. The number of aryl methyl sites for hydroxylation is 1. The van der Waals surface area contributed by atoms with Crippen LogP contribution in [0, 0.1) is 17.4 Å². The lowest BCUT2D eigenvalue weighted by Gasteiger charge is -2.04. The van der Waals surface area contributed by atoms with Crippen molar-refractivity contribution in [3.8, 4) is 5.82 Å². The topological polar surface area (TPSA) is 43.6 Å². The highest BCUT2D eigenvalue weighted by Crippen LogP contribution is 2.23. The van der Waals surface area contributed by atoms with Crippen LogP contribution < -0.4 is 0 Å². The van der Waals surface area contributed by atoms with Crippen LogP contribution in [-0.4, -0.2) is 19.7 Å². The van der Waals surface area contributed by atoms with Gasteiger partial charge in [-0.15, -0.1) is 0 Å². The monoisotopic (exact) mass is 378 g/mol. The molecule has 0 bridgehead atoms. The van der Waals surface area contributed by atoms with Crippen molar-refractivity contribution in [2.45, 2.75) is 13.8 Å². The standard InChI is InChI=1S/C9H8BrIN4/c1-5-8(10)6(2)15(14-5)9-7(11)3-12-4-13-9/h3-4H,1-2H3. The lowest BCUT2D eigenvalue weighted by molar-refractivity contribution is 0.794. The molecule has 15 heavy (non-hydrogen) atoms. The zero-order chi connectivity index (χ0) is 11.0. The Kier molecular flexibility index (Phi) is 3.06. The molecule has 2 aromatic rings. The summed E-state index contributed by atoms with van der Waals surface area (Å²) in [6.45, 7) is 3.96. The molecule has 0 atom stereocenters. The molecule has 0 saturated carbocycles. The van der Waals surface area contributed by atoms with Crippen LogP contribution in [0.2, 0.25) is 0 Å². The summed E-state index contributed by atoms with van der Waals surface area (Å²) in [5.41, 5.74) is 2.01. The van der Waals surface area contributed by atoms with Gasteiger partial charge in [0.15, 0.2) is 5.82 Å². The Morgan fingerprint density at radius 1 is 1.40 bits per heavy atom. The van der Waals surface area contributed by atoms with Crippen molar-refractivity contribution in [2.24, 2.45) is 0 Å². The fraction of sp³-hybridized carbons (Fsp3) is 0.222. The van der Waals surface area contributed by atoms with Crippen LogP contribution in [0.5, 0.6) is 0 Å². The molecule has 0 aliphatic carbocycles. The van der Waals surface area contributed by atoms with E-state index in [0.717, 1.165) is 25.2 Å². The second-order valence-corrected chi connectivity index (χ2v) is 5.05. The Morgan fingerprint density at radius 2 is 2.13 bits per heavy atom. The average molecular weight is 379 g/mol. The Hall–Kier alpha value is -0.500. The second-order valence-electron chi connectivity index (χ2n) is 3.09. The van der Waals surface area contributed by atoms with Crippen LogP contribution in [0.25, 0.3) is 5.82 Å². The fourth-order valence-electron chi connectivity index (χ4n) is 1.29. The van der Waals surface area contributed by atoms with Gasteiger partial charge in [0.2, 0.25) is 0 Å². The van der Waals surface area contributed by atoms with Crippen molar-refractivity contribution in [2.75, 3.05) is 0 Å². The maximum atomic E-state index is 4.42. The van der Waals surface area contributed by atoms with Crippen molar-refractivity contribution < 1.29 is 0 Å². The summed E-state index contributed by atoms with van der Waals surface area (Å²) in [6, 6.07) is 0. The van der Waals surface area contributed by atoms with Gasteiger partial charge in [0.1, 0.15) is 6.33 Å². The molecule has 0 saturated heterocycles. The molecule has 0 unspecified atom stereocenters. The van der Waals surface area contributed by atoms with E-state index in [0.29, 0.717) is 0 Å².